The van der Waals surface area contributed by atoms with E-state index >= 15 is 0 Å². The smallest absolute Gasteiger partial charge is 0.178 e. The van der Waals surface area contributed by atoms with Gasteiger partial charge in [-0.25, -0.2) is 4.98 Å². The summed E-state index contributed by atoms with van der Waals surface area (Å²) < 4.78 is 5.25. The van der Waals surface area contributed by atoms with E-state index in [4.69, 9.17) is 17.2 Å². The van der Waals surface area contributed by atoms with Gasteiger partial charge in [-0.1, -0.05) is 90.7 Å². The van der Waals surface area contributed by atoms with Crippen molar-refractivity contribution in [2.75, 3.05) is 0 Å². The topological polar surface area (TPSA) is 38.5 Å². The SMILES string of the molecule is C1=Cc2cccc3nc(SCc4ccccc4)n(c23)C1.S=c1[nH]c2cccc3c2n1CC=C3. The third kappa shape index (κ3) is 3.75. The van der Waals surface area contributed by atoms with Crippen molar-refractivity contribution in [1.29, 1.82) is 0 Å². The summed E-state index contributed by atoms with van der Waals surface area (Å²) in [5, 5.41) is 1.11. The summed E-state index contributed by atoms with van der Waals surface area (Å²) >= 11 is 7.03. The highest BCUT2D eigenvalue weighted by Gasteiger charge is 2.15. The Morgan fingerprint density at radius 2 is 1.55 bits per heavy atom. The second-order valence-corrected chi connectivity index (χ2v) is 9.41. The molecule has 4 nitrogen and oxygen atoms in total. The van der Waals surface area contributed by atoms with Gasteiger partial charge in [0.25, 0.3) is 0 Å². The number of nitrogens with zero attached hydrogens (tertiary/aromatic N) is 3. The zero-order valence-electron chi connectivity index (χ0n) is 17.9. The van der Waals surface area contributed by atoms with Gasteiger partial charge >= 0.3 is 0 Å². The van der Waals surface area contributed by atoms with Crippen LogP contribution in [-0.2, 0) is 18.8 Å². The number of hydrogen-bond donors (Lipinski definition) is 1. The molecule has 7 rings (SSSR count). The molecule has 1 N–H and O–H groups in total. The van der Waals surface area contributed by atoms with Crippen LogP contribution in [0.15, 0.2) is 84.0 Å². The molecule has 2 aliphatic rings. The average molecular weight is 467 g/mol. The molecule has 4 heterocycles. The van der Waals surface area contributed by atoms with E-state index in [0.717, 1.165) is 39.8 Å². The van der Waals surface area contributed by atoms with E-state index in [-0.39, 0.29) is 0 Å². The van der Waals surface area contributed by atoms with Crippen LogP contribution >= 0.6 is 24.0 Å². The fourth-order valence-corrected chi connectivity index (χ4v) is 5.70. The molecule has 0 saturated heterocycles. The molecule has 0 unspecified atom stereocenters. The first-order valence-corrected chi connectivity index (χ1v) is 12.4. The van der Waals surface area contributed by atoms with Crippen LogP contribution in [0, 0.1) is 4.77 Å². The Hall–Kier alpha value is -3.35. The summed E-state index contributed by atoms with van der Waals surface area (Å²) in [5.74, 6) is 0.962. The number of aromatic nitrogens is 4. The molecule has 0 aliphatic carbocycles. The van der Waals surface area contributed by atoms with E-state index in [1.807, 2.05) is 17.8 Å². The fourth-order valence-electron chi connectivity index (χ4n) is 4.45. The molecule has 33 heavy (non-hydrogen) atoms. The minimum absolute atomic E-state index is 0.812. The van der Waals surface area contributed by atoms with Crippen LogP contribution in [0.3, 0.4) is 0 Å². The van der Waals surface area contributed by atoms with Crippen LogP contribution in [0.1, 0.15) is 16.7 Å². The van der Waals surface area contributed by atoms with Crippen molar-refractivity contribution in [2.24, 2.45) is 0 Å². The van der Waals surface area contributed by atoms with Crippen LogP contribution in [0.2, 0.25) is 0 Å². The van der Waals surface area contributed by atoms with Gasteiger partial charge in [0.15, 0.2) is 9.93 Å². The van der Waals surface area contributed by atoms with Crippen molar-refractivity contribution in [3.8, 4) is 0 Å². The first-order chi connectivity index (χ1) is 16.3. The summed E-state index contributed by atoms with van der Waals surface area (Å²) in [6, 6.07) is 23.1. The highest BCUT2D eigenvalue weighted by molar-refractivity contribution is 7.98. The van der Waals surface area contributed by atoms with E-state index < -0.39 is 0 Å². The van der Waals surface area contributed by atoms with Gasteiger partial charge in [-0.05, 0) is 29.9 Å². The monoisotopic (exact) mass is 466 g/mol. The first kappa shape index (κ1) is 20.3. The Kier molecular flexibility index (Phi) is 5.24. The van der Waals surface area contributed by atoms with Gasteiger partial charge < -0.3 is 14.1 Å². The first-order valence-electron chi connectivity index (χ1n) is 11.0. The van der Waals surface area contributed by atoms with Gasteiger partial charge in [0.1, 0.15) is 0 Å². The number of aromatic amines is 1. The Bertz CT molecular complexity index is 1590. The lowest BCUT2D eigenvalue weighted by Gasteiger charge is -2.11. The van der Waals surface area contributed by atoms with Crippen LogP contribution in [0.25, 0.3) is 34.2 Å². The zero-order chi connectivity index (χ0) is 22.2. The molecule has 2 aromatic heterocycles. The van der Waals surface area contributed by atoms with Crippen molar-refractivity contribution in [1.82, 2.24) is 19.1 Å². The number of allylic oxidation sites excluding steroid dienone is 2. The molecule has 2 aliphatic heterocycles. The molecule has 0 atom stereocenters. The standard InChI is InChI=1S/C17H14N2S.C10H8N2S/c1-2-6-13(7-3-1)12-20-17-18-15-10-4-8-14-9-5-11-19(17)16(14)15;13-10-11-8-5-1-3-7-4-2-6-12(10)9(7)8/h1-10H,11-12H2;1-5H,6H2,(H,11,13). The third-order valence-corrected chi connectivity index (χ3v) is 7.34. The Morgan fingerprint density at radius 1 is 0.818 bits per heavy atom. The van der Waals surface area contributed by atoms with Crippen LogP contribution in [0.4, 0.5) is 0 Å². The highest BCUT2D eigenvalue weighted by atomic mass is 32.2. The largest absolute Gasteiger partial charge is 0.331 e. The molecule has 162 valence electrons. The molecule has 0 fully saturated rings. The van der Waals surface area contributed by atoms with E-state index in [9.17, 15) is 0 Å². The number of nitrogens with one attached hydrogen (secondary N) is 1. The molecule has 0 spiro atoms. The fraction of sp³-hybridized carbons (Fsp3) is 0.111. The van der Waals surface area contributed by atoms with Gasteiger partial charge in [-0.15, -0.1) is 0 Å². The lowest BCUT2D eigenvalue weighted by atomic mass is 10.1. The number of H-pyrrole nitrogens is 1. The summed E-state index contributed by atoms with van der Waals surface area (Å²) in [6.45, 7) is 1.81. The highest BCUT2D eigenvalue weighted by Crippen LogP contribution is 2.31. The number of hydrogen-bond acceptors (Lipinski definition) is 3. The molecule has 0 amide bonds. The van der Waals surface area contributed by atoms with Gasteiger partial charge in [0.2, 0.25) is 0 Å². The van der Waals surface area contributed by atoms with Crippen LogP contribution in [0.5, 0.6) is 0 Å². The number of para-hydroxylation sites is 2. The van der Waals surface area contributed by atoms with E-state index in [2.05, 4.69) is 99.1 Å². The minimum Gasteiger partial charge on any atom is -0.331 e. The summed E-state index contributed by atoms with van der Waals surface area (Å²) in [6.07, 6.45) is 8.67. The Labute approximate surface area is 201 Å². The van der Waals surface area contributed by atoms with Crippen molar-refractivity contribution < 1.29 is 0 Å². The summed E-state index contributed by atoms with van der Waals surface area (Å²) in [4.78, 5) is 7.98. The maximum Gasteiger partial charge on any atom is 0.178 e. The average Bonchev–Trinajstić information content (AvgIpc) is 3.39. The molecule has 0 bridgehead atoms. The normalized spacial score (nSPS) is 13.3. The maximum absolute atomic E-state index is 5.22. The molecule has 3 aromatic carbocycles. The van der Waals surface area contributed by atoms with Crippen LogP contribution in [-0.4, -0.2) is 19.1 Å². The predicted molar refractivity (Wildman–Crippen MR) is 141 cm³/mol. The van der Waals surface area contributed by atoms with Crippen molar-refractivity contribution in [3.05, 3.63) is 100 Å². The number of imidazole rings is 2. The molecule has 5 aromatic rings. The predicted octanol–water partition coefficient (Wildman–Crippen LogP) is 7.08. The van der Waals surface area contributed by atoms with E-state index in [1.54, 1.807) is 0 Å². The van der Waals surface area contributed by atoms with Crippen molar-refractivity contribution in [3.63, 3.8) is 0 Å². The second-order valence-electron chi connectivity index (χ2n) is 8.08. The molecule has 0 radical (unpaired) electrons. The molecule has 6 heteroatoms. The molecule has 0 saturated carbocycles. The number of benzene rings is 3. The Morgan fingerprint density at radius 3 is 2.36 bits per heavy atom. The second kappa shape index (κ2) is 8.54. The van der Waals surface area contributed by atoms with Gasteiger partial charge in [0, 0.05) is 30.0 Å². The molecular weight excluding hydrogens is 444 g/mol. The van der Waals surface area contributed by atoms with Gasteiger partial charge in [-0.3, -0.25) is 0 Å². The van der Waals surface area contributed by atoms with Crippen molar-refractivity contribution in [2.45, 2.75) is 24.0 Å². The lowest BCUT2D eigenvalue weighted by molar-refractivity contribution is 0.744. The van der Waals surface area contributed by atoms with E-state index in [0.29, 0.717) is 0 Å². The lowest BCUT2D eigenvalue weighted by Crippen LogP contribution is -2.01. The third-order valence-electron chi connectivity index (χ3n) is 5.97. The van der Waals surface area contributed by atoms with Gasteiger partial charge in [0.05, 0.1) is 22.1 Å². The number of thioether (sulfide) groups is 1. The van der Waals surface area contributed by atoms with Crippen molar-refractivity contribution >= 4 is 58.2 Å². The Balaban J connectivity index is 0.000000137. The zero-order valence-corrected chi connectivity index (χ0v) is 19.6. The van der Waals surface area contributed by atoms with Gasteiger partial charge in [-0.2, -0.15) is 0 Å². The molecular formula is C27H22N4S2. The quantitative estimate of drug-likeness (QED) is 0.228. The maximum atomic E-state index is 5.22. The van der Waals surface area contributed by atoms with E-state index in [1.165, 1.54) is 27.7 Å². The summed E-state index contributed by atoms with van der Waals surface area (Å²) in [5.41, 5.74) is 8.59. The number of rotatable bonds is 3. The minimum atomic E-state index is 0.812. The van der Waals surface area contributed by atoms with Crippen LogP contribution < -0.4 is 0 Å². The summed E-state index contributed by atoms with van der Waals surface area (Å²) in [7, 11) is 0.